The molecule has 102 valence electrons. The molecule has 0 fully saturated rings. The summed E-state index contributed by atoms with van der Waals surface area (Å²) in [5.41, 5.74) is 4.54. The van der Waals surface area contributed by atoms with Crippen molar-refractivity contribution in [2.45, 2.75) is 19.4 Å². The Morgan fingerprint density at radius 1 is 1.32 bits per heavy atom. The minimum Gasteiger partial charge on any atom is -0.271 e. The fourth-order valence-electron chi connectivity index (χ4n) is 1.80. The Labute approximate surface area is 122 Å². The van der Waals surface area contributed by atoms with Crippen LogP contribution in [0.15, 0.2) is 28.1 Å². The van der Waals surface area contributed by atoms with Crippen LogP contribution < -0.4 is 11.3 Å². The van der Waals surface area contributed by atoms with Gasteiger partial charge in [-0.2, -0.15) is 0 Å². The molecule has 6 heteroatoms. The molecule has 1 atom stereocenters. The first-order valence-corrected chi connectivity index (χ1v) is 7.28. The maximum absolute atomic E-state index is 13.2. The van der Waals surface area contributed by atoms with E-state index in [9.17, 15) is 8.78 Å². The summed E-state index contributed by atoms with van der Waals surface area (Å²) >= 11 is 5.04. The molecule has 2 nitrogen and oxygen atoms in total. The second-order valence-electron chi connectivity index (χ2n) is 4.28. The van der Waals surface area contributed by atoms with Crippen LogP contribution in [0.5, 0.6) is 0 Å². The smallest absolute Gasteiger partial charge is 0.159 e. The molecule has 0 bridgehead atoms. The number of nitrogens with one attached hydrogen (secondary N) is 1. The summed E-state index contributed by atoms with van der Waals surface area (Å²) in [4.78, 5) is 1.05. The van der Waals surface area contributed by atoms with Crippen LogP contribution in [0.1, 0.15) is 22.0 Å². The van der Waals surface area contributed by atoms with Gasteiger partial charge in [-0.15, -0.1) is 11.3 Å². The Bertz CT molecular complexity index is 567. The van der Waals surface area contributed by atoms with Crippen LogP contribution in [0.3, 0.4) is 0 Å². The normalized spacial score (nSPS) is 12.7. The Hall–Kier alpha value is -0.820. The van der Waals surface area contributed by atoms with Crippen molar-refractivity contribution >= 4 is 27.3 Å². The summed E-state index contributed by atoms with van der Waals surface area (Å²) in [6.45, 7) is 2.00. The van der Waals surface area contributed by atoms with Gasteiger partial charge in [-0.3, -0.25) is 11.3 Å². The molecule has 2 rings (SSSR count). The van der Waals surface area contributed by atoms with Gasteiger partial charge in [0.25, 0.3) is 0 Å². The summed E-state index contributed by atoms with van der Waals surface area (Å²) in [6, 6.07) is 5.81. The molecule has 0 aliphatic rings. The summed E-state index contributed by atoms with van der Waals surface area (Å²) in [6.07, 6.45) is 0.500. The highest BCUT2D eigenvalue weighted by atomic mass is 79.9. The number of nitrogens with two attached hydrogens (primary N) is 1. The number of aryl methyl sites for hydroxylation is 1. The lowest BCUT2D eigenvalue weighted by molar-refractivity contribution is 0.503. The van der Waals surface area contributed by atoms with Gasteiger partial charge in [0.05, 0.1) is 9.83 Å². The van der Waals surface area contributed by atoms with Gasteiger partial charge in [0.2, 0.25) is 0 Å². The third-order valence-corrected chi connectivity index (χ3v) is 5.10. The van der Waals surface area contributed by atoms with Gasteiger partial charge in [0.15, 0.2) is 11.6 Å². The van der Waals surface area contributed by atoms with Crippen molar-refractivity contribution in [3.8, 4) is 0 Å². The van der Waals surface area contributed by atoms with Crippen molar-refractivity contribution in [2.24, 2.45) is 5.84 Å². The highest BCUT2D eigenvalue weighted by Crippen LogP contribution is 2.32. The largest absolute Gasteiger partial charge is 0.271 e. The van der Waals surface area contributed by atoms with Crippen LogP contribution in [-0.4, -0.2) is 0 Å². The Morgan fingerprint density at radius 3 is 2.58 bits per heavy atom. The van der Waals surface area contributed by atoms with E-state index in [-0.39, 0.29) is 6.04 Å². The van der Waals surface area contributed by atoms with Gasteiger partial charge < -0.3 is 0 Å². The predicted molar refractivity (Wildman–Crippen MR) is 76.9 cm³/mol. The van der Waals surface area contributed by atoms with E-state index in [0.717, 1.165) is 20.3 Å². The van der Waals surface area contributed by atoms with Gasteiger partial charge in [-0.25, -0.2) is 8.78 Å². The summed E-state index contributed by atoms with van der Waals surface area (Å²) in [5.74, 6) is 3.88. The van der Waals surface area contributed by atoms with Crippen LogP contribution in [0.4, 0.5) is 8.78 Å². The van der Waals surface area contributed by atoms with Crippen LogP contribution in [0.2, 0.25) is 0 Å². The molecule has 1 heterocycles. The average molecular weight is 347 g/mol. The van der Waals surface area contributed by atoms with Gasteiger partial charge in [-0.05, 0) is 58.6 Å². The zero-order valence-corrected chi connectivity index (χ0v) is 12.6. The fourth-order valence-corrected chi connectivity index (χ4v) is 3.43. The zero-order chi connectivity index (χ0) is 14.0. The average Bonchev–Trinajstić information content (AvgIpc) is 2.71. The van der Waals surface area contributed by atoms with E-state index < -0.39 is 11.6 Å². The second kappa shape index (κ2) is 6.09. The minimum atomic E-state index is -0.837. The predicted octanol–water partition coefficient (Wildman–Crippen LogP) is 3.84. The van der Waals surface area contributed by atoms with Gasteiger partial charge in [-0.1, -0.05) is 6.07 Å². The van der Waals surface area contributed by atoms with Crippen molar-refractivity contribution in [1.29, 1.82) is 0 Å². The number of thiophene rings is 1. The molecule has 2 aromatic rings. The van der Waals surface area contributed by atoms with E-state index >= 15 is 0 Å². The number of halogens is 3. The van der Waals surface area contributed by atoms with Crippen molar-refractivity contribution in [2.75, 3.05) is 0 Å². The van der Waals surface area contributed by atoms with Crippen molar-refractivity contribution in [3.63, 3.8) is 0 Å². The van der Waals surface area contributed by atoms with Gasteiger partial charge in [0.1, 0.15) is 0 Å². The summed E-state index contributed by atoms with van der Waals surface area (Å²) < 4.78 is 27.1. The maximum Gasteiger partial charge on any atom is 0.159 e. The summed E-state index contributed by atoms with van der Waals surface area (Å²) in [7, 11) is 0. The SMILES string of the molecule is Cc1cc(C(Cc2ccc(F)c(F)c2)NN)sc1Br. The van der Waals surface area contributed by atoms with E-state index in [1.54, 1.807) is 17.4 Å². The van der Waals surface area contributed by atoms with Crippen LogP contribution >= 0.6 is 27.3 Å². The quantitative estimate of drug-likeness (QED) is 0.651. The molecular weight excluding hydrogens is 334 g/mol. The number of benzene rings is 1. The molecule has 1 aromatic heterocycles. The van der Waals surface area contributed by atoms with Crippen LogP contribution in [0.25, 0.3) is 0 Å². The highest BCUT2D eigenvalue weighted by molar-refractivity contribution is 9.11. The first kappa shape index (κ1) is 14.6. The molecular formula is C13H13BrF2N2S. The van der Waals surface area contributed by atoms with Gasteiger partial charge >= 0.3 is 0 Å². The Kier molecular flexibility index (Phi) is 4.67. The standard InChI is InChI=1S/C13H13BrF2N2S/c1-7-4-12(19-13(7)14)11(18-17)6-8-2-3-9(15)10(16)5-8/h2-5,11,18H,6,17H2,1H3. The topological polar surface area (TPSA) is 38.0 Å². The molecule has 0 saturated carbocycles. The first-order valence-electron chi connectivity index (χ1n) is 5.67. The lowest BCUT2D eigenvalue weighted by Crippen LogP contribution is -2.29. The fraction of sp³-hybridized carbons (Fsp3) is 0.231. The number of hydrogen-bond acceptors (Lipinski definition) is 3. The first-order chi connectivity index (χ1) is 9.01. The number of hydrazine groups is 1. The number of rotatable bonds is 4. The van der Waals surface area contributed by atoms with E-state index in [4.69, 9.17) is 5.84 Å². The monoisotopic (exact) mass is 346 g/mol. The summed E-state index contributed by atoms with van der Waals surface area (Å²) in [5, 5.41) is 0. The van der Waals surface area contributed by atoms with E-state index in [1.807, 2.05) is 13.0 Å². The molecule has 0 aliphatic carbocycles. The molecule has 0 aliphatic heterocycles. The van der Waals surface area contributed by atoms with E-state index in [1.165, 1.54) is 6.07 Å². The zero-order valence-electron chi connectivity index (χ0n) is 10.2. The molecule has 3 N–H and O–H groups in total. The molecule has 1 aromatic carbocycles. The van der Waals surface area contributed by atoms with E-state index in [2.05, 4.69) is 21.4 Å². The van der Waals surface area contributed by atoms with Crippen LogP contribution in [0, 0.1) is 18.6 Å². The third kappa shape index (κ3) is 3.39. The number of hydrogen-bond donors (Lipinski definition) is 2. The minimum absolute atomic E-state index is 0.125. The Morgan fingerprint density at radius 2 is 2.05 bits per heavy atom. The molecule has 1 unspecified atom stereocenters. The molecule has 0 spiro atoms. The highest BCUT2D eigenvalue weighted by Gasteiger charge is 2.15. The second-order valence-corrected chi connectivity index (χ2v) is 6.68. The molecule has 0 saturated heterocycles. The van der Waals surface area contributed by atoms with Crippen molar-refractivity contribution in [3.05, 3.63) is 55.7 Å². The van der Waals surface area contributed by atoms with Gasteiger partial charge in [0, 0.05) is 4.88 Å². The molecule has 0 amide bonds. The van der Waals surface area contributed by atoms with Crippen molar-refractivity contribution < 1.29 is 8.78 Å². The maximum atomic E-state index is 13.2. The molecule has 19 heavy (non-hydrogen) atoms. The van der Waals surface area contributed by atoms with Crippen LogP contribution in [-0.2, 0) is 6.42 Å². The molecule has 0 radical (unpaired) electrons. The van der Waals surface area contributed by atoms with Crippen molar-refractivity contribution in [1.82, 2.24) is 5.43 Å². The van der Waals surface area contributed by atoms with E-state index in [0.29, 0.717) is 12.0 Å². The Balaban J connectivity index is 2.21. The third-order valence-electron chi connectivity index (χ3n) is 2.84. The lowest BCUT2D eigenvalue weighted by atomic mass is 10.0. The lowest BCUT2D eigenvalue weighted by Gasteiger charge is -2.14.